The molecule has 1 aliphatic carbocycles. The zero-order chi connectivity index (χ0) is 15.4. The fraction of sp³-hybridized carbons (Fsp3) is 0.467. The van der Waals surface area contributed by atoms with Gasteiger partial charge >= 0.3 is 5.97 Å². The van der Waals surface area contributed by atoms with Crippen LogP contribution < -0.4 is 11.1 Å². The molecule has 0 spiro atoms. The molecule has 21 heavy (non-hydrogen) atoms. The van der Waals surface area contributed by atoms with E-state index in [1.165, 1.54) is 6.07 Å². The summed E-state index contributed by atoms with van der Waals surface area (Å²) in [6, 6.07) is 4.62. The maximum atomic E-state index is 12.3. The highest BCUT2D eigenvalue weighted by molar-refractivity contribution is 9.10. The highest BCUT2D eigenvalue weighted by Gasteiger charge is 2.27. The first-order valence-electron chi connectivity index (χ1n) is 7.08. The van der Waals surface area contributed by atoms with Crippen LogP contribution >= 0.6 is 15.9 Å². The Morgan fingerprint density at radius 2 is 1.95 bits per heavy atom. The van der Waals surface area contributed by atoms with Crippen molar-refractivity contribution < 1.29 is 14.7 Å². The van der Waals surface area contributed by atoms with Crippen LogP contribution in [0.1, 0.15) is 42.5 Å². The first-order valence-corrected chi connectivity index (χ1v) is 7.87. The number of rotatable bonds is 3. The number of carboxylic acids is 1. The fourth-order valence-electron chi connectivity index (χ4n) is 2.66. The summed E-state index contributed by atoms with van der Waals surface area (Å²) in [6.07, 6.45) is 4.83. The van der Waals surface area contributed by atoms with Gasteiger partial charge in [0.25, 0.3) is 0 Å². The molecule has 1 aliphatic rings. The van der Waals surface area contributed by atoms with Crippen LogP contribution in [0.2, 0.25) is 0 Å². The smallest absolute Gasteiger partial charge is 0.336 e. The summed E-state index contributed by atoms with van der Waals surface area (Å²) in [5.41, 5.74) is 6.68. The van der Waals surface area contributed by atoms with Gasteiger partial charge in [-0.15, -0.1) is 0 Å². The van der Waals surface area contributed by atoms with Gasteiger partial charge in [-0.2, -0.15) is 0 Å². The predicted molar refractivity (Wildman–Crippen MR) is 84.3 cm³/mol. The monoisotopic (exact) mass is 354 g/mol. The van der Waals surface area contributed by atoms with Gasteiger partial charge in [0.1, 0.15) is 0 Å². The van der Waals surface area contributed by atoms with Crippen LogP contribution in [0.15, 0.2) is 22.7 Å². The number of anilines is 1. The van der Waals surface area contributed by atoms with Crippen LogP contribution in [-0.4, -0.2) is 23.0 Å². The third-order valence-electron chi connectivity index (χ3n) is 3.87. The Labute approximate surface area is 132 Å². The van der Waals surface area contributed by atoms with Gasteiger partial charge in [0.05, 0.1) is 11.5 Å². The summed E-state index contributed by atoms with van der Waals surface area (Å²) < 4.78 is 0.485. The quantitative estimate of drug-likeness (QED) is 0.727. The molecule has 114 valence electrons. The standard InChI is InChI=1S/C15H19BrN2O3/c16-12-7-6-9(8-11(12)15(20)21)18-14(19)10-4-2-1-3-5-13(10)17/h6-8,10,13H,1-5,17H2,(H,18,19)(H,20,21). The fourth-order valence-corrected chi connectivity index (χ4v) is 3.08. The van der Waals surface area contributed by atoms with Gasteiger partial charge in [-0.3, -0.25) is 4.79 Å². The van der Waals surface area contributed by atoms with Gasteiger partial charge in [-0.1, -0.05) is 19.3 Å². The third kappa shape index (κ3) is 4.04. The van der Waals surface area contributed by atoms with Gasteiger partial charge in [-0.05, 0) is 47.0 Å². The zero-order valence-electron chi connectivity index (χ0n) is 11.6. The van der Waals surface area contributed by atoms with E-state index < -0.39 is 5.97 Å². The molecule has 2 unspecified atom stereocenters. The normalized spacial score (nSPS) is 22.4. The van der Waals surface area contributed by atoms with Crippen molar-refractivity contribution in [3.8, 4) is 0 Å². The Morgan fingerprint density at radius 3 is 2.67 bits per heavy atom. The van der Waals surface area contributed by atoms with E-state index in [0.717, 1.165) is 32.1 Å². The molecule has 1 aromatic rings. The second-order valence-corrected chi connectivity index (χ2v) is 6.25. The molecule has 1 fully saturated rings. The molecule has 4 N–H and O–H groups in total. The molecular formula is C15H19BrN2O3. The van der Waals surface area contributed by atoms with Crippen molar-refractivity contribution in [2.75, 3.05) is 5.32 Å². The Morgan fingerprint density at radius 1 is 1.24 bits per heavy atom. The molecule has 1 amide bonds. The van der Waals surface area contributed by atoms with E-state index in [2.05, 4.69) is 21.2 Å². The summed E-state index contributed by atoms with van der Waals surface area (Å²) in [5, 5.41) is 11.9. The van der Waals surface area contributed by atoms with Crippen molar-refractivity contribution >= 4 is 33.5 Å². The number of carbonyl (C=O) groups is 2. The number of hydrogen-bond donors (Lipinski definition) is 3. The Bertz CT molecular complexity index is 548. The largest absolute Gasteiger partial charge is 0.478 e. The molecule has 6 heteroatoms. The number of nitrogens with two attached hydrogens (primary N) is 1. The lowest BCUT2D eigenvalue weighted by atomic mass is 9.94. The van der Waals surface area contributed by atoms with Crippen LogP contribution in [0.4, 0.5) is 5.69 Å². The second-order valence-electron chi connectivity index (χ2n) is 5.40. The minimum atomic E-state index is -1.04. The highest BCUT2D eigenvalue weighted by Crippen LogP contribution is 2.25. The van der Waals surface area contributed by atoms with E-state index in [-0.39, 0.29) is 23.4 Å². The van der Waals surface area contributed by atoms with Crippen LogP contribution in [-0.2, 0) is 4.79 Å². The molecule has 0 radical (unpaired) electrons. The number of halogens is 1. The van der Waals surface area contributed by atoms with Crippen LogP contribution in [0, 0.1) is 5.92 Å². The number of carbonyl (C=O) groups excluding carboxylic acids is 1. The first-order chi connectivity index (χ1) is 9.99. The average molecular weight is 355 g/mol. The van der Waals surface area contributed by atoms with Crippen molar-refractivity contribution in [2.45, 2.75) is 38.1 Å². The summed E-state index contributed by atoms with van der Waals surface area (Å²) in [7, 11) is 0. The van der Waals surface area contributed by atoms with E-state index in [0.29, 0.717) is 10.2 Å². The third-order valence-corrected chi connectivity index (χ3v) is 4.56. The molecular weight excluding hydrogens is 336 g/mol. The summed E-state index contributed by atoms with van der Waals surface area (Å²) in [5.74, 6) is -1.36. The van der Waals surface area contributed by atoms with Crippen molar-refractivity contribution in [1.29, 1.82) is 0 Å². The Balaban J connectivity index is 2.11. The maximum Gasteiger partial charge on any atom is 0.336 e. The van der Waals surface area contributed by atoms with Gasteiger partial charge in [-0.25, -0.2) is 4.79 Å². The number of amides is 1. The van der Waals surface area contributed by atoms with Gasteiger partial charge in [0, 0.05) is 16.2 Å². The number of carboxylic acid groups (broad SMARTS) is 1. The maximum absolute atomic E-state index is 12.3. The van der Waals surface area contributed by atoms with Gasteiger partial charge in [0.15, 0.2) is 0 Å². The zero-order valence-corrected chi connectivity index (χ0v) is 13.2. The lowest BCUT2D eigenvalue weighted by molar-refractivity contribution is -0.120. The number of aromatic carboxylic acids is 1. The van der Waals surface area contributed by atoms with E-state index in [9.17, 15) is 9.59 Å². The van der Waals surface area contributed by atoms with E-state index in [1.54, 1.807) is 12.1 Å². The molecule has 2 rings (SSSR count). The number of hydrogen-bond acceptors (Lipinski definition) is 3. The van der Waals surface area contributed by atoms with Gasteiger partial charge in [0.2, 0.25) is 5.91 Å². The van der Waals surface area contributed by atoms with Crippen LogP contribution in [0.25, 0.3) is 0 Å². The molecule has 5 nitrogen and oxygen atoms in total. The lowest BCUT2D eigenvalue weighted by Gasteiger charge is -2.20. The molecule has 0 aromatic heterocycles. The molecule has 1 aromatic carbocycles. The average Bonchev–Trinajstić information content (AvgIpc) is 2.65. The summed E-state index contributed by atoms with van der Waals surface area (Å²) in [6.45, 7) is 0. The van der Waals surface area contributed by atoms with Crippen molar-refractivity contribution in [3.63, 3.8) is 0 Å². The van der Waals surface area contributed by atoms with Crippen molar-refractivity contribution in [3.05, 3.63) is 28.2 Å². The molecule has 0 aliphatic heterocycles. The summed E-state index contributed by atoms with van der Waals surface area (Å²) in [4.78, 5) is 23.4. The van der Waals surface area contributed by atoms with Crippen molar-refractivity contribution in [1.82, 2.24) is 0 Å². The van der Waals surface area contributed by atoms with E-state index in [4.69, 9.17) is 10.8 Å². The SMILES string of the molecule is NC1CCCCCC1C(=O)Nc1ccc(Br)c(C(=O)O)c1. The molecule has 0 bridgehead atoms. The Kier molecular flexibility index (Phi) is 5.36. The molecule has 0 heterocycles. The Hall–Kier alpha value is -1.40. The highest BCUT2D eigenvalue weighted by atomic mass is 79.9. The number of benzene rings is 1. The molecule has 2 atom stereocenters. The second kappa shape index (κ2) is 7.04. The van der Waals surface area contributed by atoms with Gasteiger partial charge < -0.3 is 16.2 Å². The lowest BCUT2D eigenvalue weighted by Crippen LogP contribution is -2.37. The van der Waals surface area contributed by atoms with Crippen LogP contribution in [0.5, 0.6) is 0 Å². The minimum Gasteiger partial charge on any atom is -0.478 e. The minimum absolute atomic E-state index is 0.122. The molecule has 1 saturated carbocycles. The van der Waals surface area contributed by atoms with E-state index >= 15 is 0 Å². The predicted octanol–water partition coefficient (Wildman–Crippen LogP) is 2.99. The van der Waals surface area contributed by atoms with Crippen LogP contribution in [0.3, 0.4) is 0 Å². The van der Waals surface area contributed by atoms with Crippen molar-refractivity contribution in [2.24, 2.45) is 11.7 Å². The number of nitrogens with one attached hydrogen (secondary N) is 1. The first kappa shape index (κ1) is 16.0. The molecule has 0 saturated heterocycles. The topological polar surface area (TPSA) is 92.4 Å². The van der Waals surface area contributed by atoms with E-state index in [1.807, 2.05) is 0 Å². The summed E-state index contributed by atoms with van der Waals surface area (Å²) >= 11 is 3.18.